The fraction of sp³-hybridized carbons (Fsp3) is 0.611. The van der Waals surface area contributed by atoms with Crippen LogP contribution in [0.5, 0.6) is 0 Å². The van der Waals surface area contributed by atoms with Crippen molar-refractivity contribution in [2.24, 2.45) is 0 Å². The summed E-state index contributed by atoms with van der Waals surface area (Å²) in [6, 6.07) is 3.72. The molecule has 2 saturated heterocycles. The Hall–Kier alpha value is -2.35. The van der Waals surface area contributed by atoms with Gasteiger partial charge in [-0.3, -0.25) is 4.79 Å². The first-order valence-corrected chi connectivity index (χ1v) is 8.90. The zero-order valence-electron chi connectivity index (χ0n) is 15.5. The third-order valence-electron chi connectivity index (χ3n) is 4.40. The highest BCUT2D eigenvalue weighted by Crippen LogP contribution is 2.23. The number of carbonyl (C=O) groups is 2. The number of aromatic nitrogens is 1. The van der Waals surface area contributed by atoms with E-state index in [0.29, 0.717) is 38.4 Å². The molecule has 26 heavy (non-hydrogen) atoms. The average Bonchev–Trinajstić information content (AvgIpc) is 2.92. The average molecular weight is 362 g/mol. The lowest BCUT2D eigenvalue weighted by Crippen LogP contribution is -2.50. The lowest BCUT2D eigenvalue weighted by Gasteiger charge is -2.36. The van der Waals surface area contributed by atoms with E-state index >= 15 is 0 Å². The number of aliphatic hydroxyl groups is 1. The first kappa shape index (κ1) is 18.4. The minimum absolute atomic E-state index is 0.0852. The Morgan fingerprint density at radius 1 is 1.23 bits per heavy atom. The van der Waals surface area contributed by atoms with Crippen LogP contribution in [0.3, 0.4) is 0 Å². The summed E-state index contributed by atoms with van der Waals surface area (Å²) in [5.74, 6) is 0.725. The van der Waals surface area contributed by atoms with Gasteiger partial charge in [0.05, 0.1) is 31.0 Å². The number of pyridine rings is 1. The molecule has 3 rings (SSSR count). The predicted molar refractivity (Wildman–Crippen MR) is 97.2 cm³/mol. The first-order valence-electron chi connectivity index (χ1n) is 8.90. The van der Waals surface area contributed by atoms with E-state index in [0.717, 1.165) is 5.82 Å². The molecule has 8 nitrogen and oxygen atoms in total. The molecule has 142 valence electrons. The van der Waals surface area contributed by atoms with Gasteiger partial charge in [-0.25, -0.2) is 9.78 Å². The number of rotatable bonds is 2. The van der Waals surface area contributed by atoms with E-state index in [1.807, 2.05) is 32.9 Å². The van der Waals surface area contributed by atoms with Crippen LogP contribution in [0.4, 0.5) is 16.3 Å². The minimum atomic E-state index is -0.608. The standard InChI is InChI=1S/C18H26N4O4/c1-18(2,3)26-17(25)21-8-6-20(7-9-21)15-5-4-13(11-19-15)22-12-14(23)10-16(22)24/h4-5,11,14,23H,6-10,12H2,1-3H3. The number of anilines is 2. The molecule has 2 amide bonds. The Morgan fingerprint density at radius 3 is 2.42 bits per heavy atom. The van der Waals surface area contributed by atoms with Crippen molar-refractivity contribution in [3.8, 4) is 0 Å². The van der Waals surface area contributed by atoms with Crippen molar-refractivity contribution in [3.05, 3.63) is 18.3 Å². The Bertz CT molecular complexity index is 663. The van der Waals surface area contributed by atoms with E-state index in [-0.39, 0.29) is 18.4 Å². The van der Waals surface area contributed by atoms with Crippen LogP contribution >= 0.6 is 0 Å². The summed E-state index contributed by atoms with van der Waals surface area (Å²) in [6.07, 6.45) is 0.926. The fourth-order valence-electron chi connectivity index (χ4n) is 3.11. The van der Waals surface area contributed by atoms with Gasteiger partial charge in [0.1, 0.15) is 11.4 Å². The van der Waals surface area contributed by atoms with Gasteiger partial charge in [-0.15, -0.1) is 0 Å². The molecule has 1 N–H and O–H groups in total. The van der Waals surface area contributed by atoms with Crippen molar-refractivity contribution in [1.82, 2.24) is 9.88 Å². The van der Waals surface area contributed by atoms with Gasteiger partial charge in [0.2, 0.25) is 5.91 Å². The normalized spacial score (nSPS) is 21.3. The molecular weight excluding hydrogens is 336 g/mol. The molecule has 0 radical (unpaired) electrons. The molecule has 1 aromatic rings. The highest BCUT2D eigenvalue weighted by Gasteiger charge is 2.30. The quantitative estimate of drug-likeness (QED) is 0.852. The van der Waals surface area contributed by atoms with Gasteiger partial charge in [0.25, 0.3) is 0 Å². The molecule has 3 heterocycles. The van der Waals surface area contributed by atoms with Crippen molar-refractivity contribution < 1.29 is 19.4 Å². The summed E-state index contributed by atoms with van der Waals surface area (Å²) in [6.45, 7) is 8.39. The Kier molecular flexibility index (Phi) is 5.04. The maximum Gasteiger partial charge on any atom is 0.410 e. The second-order valence-electron chi connectivity index (χ2n) is 7.69. The molecule has 1 unspecified atom stereocenters. The topological polar surface area (TPSA) is 86.2 Å². The van der Waals surface area contributed by atoms with E-state index in [1.165, 1.54) is 0 Å². The molecule has 2 fully saturated rings. The van der Waals surface area contributed by atoms with Crippen LogP contribution in [0.1, 0.15) is 27.2 Å². The second-order valence-corrected chi connectivity index (χ2v) is 7.69. The van der Waals surface area contributed by atoms with E-state index in [2.05, 4.69) is 9.88 Å². The number of β-amino-alcohol motifs (C(OH)–C–C–N with tert-alkyl or cyclic N) is 1. The maximum atomic E-state index is 12.1. The van der Waals surface area contributed by atoms with Crippen molar-refractivity contribution >= 4 is 23.5 Å². The summed E-state index contributed by atoms with van der Waals surface area (Å²) in [5, 5.41) is 9.60. The smallest absolute Gasteiger partial charge is 0.410 e. The van der Waals surface area contributed by atoms with E-state index in [4.69, 9.17) is 4.74 Å². The summed E-state index contributed by atoms with van der Waals surface area (Å²) in [4.78, 5) is 33.8. The van der Waals surface area contributed by atoms with Gasteiger partial charge in [-0.1, -0.05) is 0 Å². The monoisotopic (exact) mass is 362 g/mol. The van der Waals surface area contributed by atoms with Gasteiger partial charge in [-0.05, 0) is 32.9 Å². The van der Waals surface area contributed by atoms with Crippen molar-refractivity contribution in [3.63, 3.8) is 0 Å². The zero-order chi connectivity index (χ0) is 18.9. The third kappa shape index (κ3) is 4.24. The summed E-state index contributed by atoms with van der Waals surface area (Å²) < 4.78 is 5.40. The van der Waals surface area contributed by atoms with Gasteiger partial charge >= 0.3 is 6.09 Å². The summed E-state index contributed by atoms with van der Waals surface area (Å²) in [7, 11) is 0. The molecule has 8 heteroatoms. The van der Waals surface area contributed by atoms with Crippen LogP contribution in [-0.2, 0) is 9.53 Å². The molecule has 0 saturated carbocycles. The predicted octanol–water partition coefficient (Wildman–Crippen LogP) is 1.24. The SMILES string of the molecule is CC(C)(C)OC(=O)N1CCN(c2ccc(N3CC(O)CC3=O)cn2)CC1. The highest BCUT2D eigenvalue weighted by molar-refractivity contribution is 5.95. The van der Waals surface area contributed by atoms with Crippen molar-refractivity contribution in [2.45, 2.75) is 38.9 Å². The molecule has 0 spiro atoms. The minimum Gasteiger partial charge on any atom is -0.444 e. The van der Waals surface area contributed by atoms with Crippen LogP contribution in [0.15, 0.2) is 18.3 Å². The van der Waals surface area contributed by atoms with Gasteiger partial charge < -0.3 is 24.5 Å². The molecular formula is C18H26N4O4. The summed E-state index contributed by atoms with van der Waals surface area (Å²) >= 11 is 0. The number of nitrogens with zero attached hydrogens (tertiary/aromatic N) is 4. The van der Waals surface area contributed by atoms with Crippen LogP contribution < -0.4 is 9.80 Å². The van der Waals surface area contributed by atoms with Crippen LogP contribution in [0.25, 0.3) is 0 Å². The molecule has 0 bridgehead atoms. The van der Waals surface area contributed by atoms with Crippen LogP contribution in [0, 0.1) is 0 Å². The molecule has 1 atom stereocenters. The Balaban J connectivity index is 1.57. The van der Waals surface area contributed by atoms with E-state index in [1.54, 1.807) is 16.0 Å². The third-order valence-corrected chi connectivity index (χ3v) is 4.40. The van der Waals surface area contributed by atoms with E-state index < -0.39 is 11.7 Å². The lowest BCUT2D eigenvalue weighted by atomic mass is 10.2. The molecule has 1 aromatic heterocycles. The molecule has 2 aliphatic heterocycles. The number of carbonyl (C=O) groups excluding carboxylic acids is 2. The molecule has 2 aliphatic rings. The summed E-state index contributed by atoms with van der Waals surface area (Å²) in [5.41, 5.74) is 0.203. The largest absolute Gasteiger partial charge is 0.444 e. The van der Waals surface area contributed by atoms with E-state index in [9.17, 15) is 14.7 Å². The second kappa shape index (κ2) is 7.11. The Labute approximate surface area is 153 Å². The fourth-order valence-corrected chi connectivity index (χ4v) is 3.11. The van der Waals surface area contributed by atoms with Gasteiger partial charge in [0.15, 0.2) is 0 Å². The number of aliphatic hydroxyl groups excluding tert-OH is 1. The number of piperazine rings is 1. The number of ether oxygens (including phenoxy) is 1. The van der Waals surface area contributed by atoms with Crippen molar-refractivity contribution in [1.29, 1.82) is 0 Å². The first-order chi connectivity index (χ1) is 12.2. The number of hydrogen-bond donors (Lipinski definition) is 1. The molecule has 0 aliphatic carbocycles. The van der Waals surface area contributed by atoms with Gasteiger partial charge in [0, 0.05) is 26.2 Å². The van der Waals surface area contributed by atoms with Crippen LogP contribution in [0.2, 0.25) is 0 Å². The highest BCUT2D eigenvalue weighted by atomic mass is 16.6. The molecule has 0 aromatic carbocycles. The maximum absolute atomic E-state index is 12.1. The van der Waals surface area contributed by atoms with Crippen molar-refractivity contribution in [2.75, 3.05) is 42.5 Å². The Morgan fingerprint density at radius 2 is 1.92 bits per heavy atom. The number of hydrogen-bond acceptors (Lipinski definition) is 6. The van der Waals surface area contributed by atoms with Gasteiger partial charge in [-0.2, -0.15) is 0 Å². The lowest BCUT2D eigenvalue weighted by molar-refractivity contribution is -0.117. The zero-order valence-corrected chi connectivity index (χ0v) is 15.5. The van der Waals surface area contributed by atoms with Crippen LogP contribution in [-0.4, -0.2) is 71.4 Å². The number of amides is 2.